The van der Waals surface area contributed by atoms with E-state index in [0.29, 0.717) is 18.0 Å². The van der Waals surface area contributed by atoms with Gasteiger partial charge in [0.05, 0.1) is 6.20 Å². The summed E-state index contributed by atoms with van der Waals surface area (Å²) in [5.41, 5.74) is 0. The zero-order valence-corrected chi connectivity index (χ0v) is 13.6. The van der Waals surface area contributed by atoms with Gasteiger partial charge in [-0.1, -0.05) is 19.3 Å². The minimum atomic E-state index is -3.38. The van der Waals surface area contributed by atoms with Gasteiger partial charge in [-0.05, 0) is 32.9 Å². The van der Waals surface area contributed by atoms with Gasteiger partial charge in [-0.25, -0.2) is 8.42 Å². The van der Waals surface area contributed by atoms with E-state index in [4.69, 9.17) is 0 Å². The number of hydrogen-bond acceptors (Lipinski definition) is 4. The van der Waals surface area contributed by atoms with Crippen molar-refractivity contribution in [2.24, 2.45) is 0 Å². The lowest BCUT2D eigenvalue weighted by molar-refractivity contribution is 0.364. The molecule has 1 aliphatic heterocycles. The zero-order chi connectivity index (χ0) is 15.1. The van der Waals surface area contributed by atoms with E-state index in [2.05, 4.69) is 10.4 Å². The van der Waals surface area contributed by atoms with Gasteiger partial charge in [0, 0.05) is 25.8 Å². The summed E-state index contributed by atoms with van der Waals surface area (Å²) in [5, 5.41) is 7.25. The molecule has 0 aromatic carbocycles. The molecular weight excluding hydrogens is 288 g/mol. The monoisotopic (exact) mass is 314 g/mol. The lowest BCUT2D eigenvalue weighted by Gasteiger charge is -2.23. The first kappa shape index (κ1) is 16.5. The van der Waals surface area contributed by atoms with Crippen LogP contribution >= 0.6 is 0 Å². The van der Waals surface area contributed by atoms with E-state index in [-0.39, 0.29) is 0 Å². The second-order valence-electron chi connectivity index (χ2n) is 5.57. The second kappa shape index (κ2) is 7.91. The minimum absolute atomic E-state index is 0.326. The van der Waals surface area contributed by atoms with Crippen LogP contribution in [0.25, 0.3) is 0 Å². The Hall–Kier alpha value is -0.920. The van der Waals surface area contributed by atoms with Crippen LogP contribution in [0, 0.1) is 0 Å². The van der Waals surface area contributed by atoms with E-state index in [1.807, 2.05) is 7.05 Å². The maximum Gasteiger partial charge on any atom is 0.246 e. The van der Waals surface area contributed by atoms with Crippen LogP contribution in [0.1, 0.15) is 38.5 Å². The van der Waals surface area contributed by atoms with Crippen molar-refractivity contribution in [1.29, 1.82) is 0 Å². The first-order valence-corrected chi connectivity index (χ1v) is 9.26. The molecule has 0 aliphatic carbocycles. The summed E-state index contributed by atoms with van der Waals surface area (Å²) in [6, 6.07) is 0. The molecule has 2 rings (SSSR count). The molecule has 1 aromatic rings. The smallest absolute Gasteiger partial charge is 0.246 e. The number of nitrogens with zero attached hydrogens (tertiary/aromatic N) is 3. The molecular formula is C14H26N4O2S. The van der Waals surface area contributed by atoms with Gasteiger partial charge in [-0.3, -0.25) is 4.68 Å². The van der Waals surface area contributed by atoms with Gasteiger partial charge < -0.3 is 5.32 Å². The summed E-state index contributed by atoms with van der Waals surface area (Å²) in [5.74, 6) is 0. The van der Waals surface area contributed by atoms with Crippen LogP contribution in [-0.2, 0) is 16.6 Å². The number of sulfonamides is 1. The lowest BCUT2D eigenvalue weighted by atomic mass is 10.1. The zero-order valence-electron chi connectivity index (χ0n) is 12.8. The van der Waals surface area contributed by atoms with Gasteiger partial charge in [0.15, 0.2) is 0 Å². The van der Waals surface area contributed by atoms with Gasteiger partial charge in [-0.2, -0.15) is 9.40 Å². The number of aryl methyl sites for hydroxylation is 1. The molecule has 0 amide bonds. The third kappa shape index (κ3) is 4.52. The molecule has 0 unspecified atom stereocenters. The number of aromatic nitrogens is 2. The Bertz CT molecular complexity index is 519. The van der Waals surface area contributed by atoms with Crippen molar-refractivity contribution in [3.05, 3.63) is 12.4 Å². The molecule has 1 N–H and O–H groups in total. The van der Waals surface area contributed by atoms with E-state index in [1.54, 1.807) is 15.2 Å². The van der Waals surface area contributed by atoms with E-state index < -0.39 is 10.0 Å². The lowest BCUT2D eigenvalue weighted by Crippen LogP contribution is -2.33. The molecule has 6 nitrogen and oxygen atoms in total. The first-order valence-electron chi connectivity index (χ1n) is 7.82. The Labute approximate surface area is 127 Å². The highest BCUT2D eigenvalue weighted by Gasteiger charge is 2.25. The summed E-state index contributed by atoms with van der Waals surface area (Å²) in [4.78, 5) is 0.326. The predicted octanol–water partition coefficient (Wildman–Crippen LogP) is 1.45. The Morgan fingerprint density at radius 3 is 2.52 bits per heavy atom. The van der Waals surface area contributed by atoms with Gasteiger partial charge in [0.2, 0.25) is 10.0 Å². The predicted molar refractivity (Wildman–Crippen MR) is 82.6 cm³/mol. The summed E-state index contributed by atoms with van der Waals surface area (Å²) >= 11 is 0. The SMILES string of the molecule is CNCCCn1cc(S(=O)(=O)N2CCCCCCC2)cn1. The maximum absolute atomic E-state index is 12.7. The van der Waals surface area contributed by atoms with Gasteiger partial charge >= 0.3 is 0 Å². The summed E-state index contributed by atoms with van der Waals surface area (Å²) in [7, 11) is -1.47. The van der Waals surface area contributed by atoms with Crippen LogP contribution in [0.3, 0.4) is 0 Å². The molecule has 0 spiro atoms. The van der Waals surface area contributed by atoms with Crippen molar-refractivity contribution in [2.75, 3.05) is 26.7 Å². The van der Waals surface area contributed by atoms with Gasteiger partial charge in [0.25, 0.3) is 0 Å². The van der Waals surface area contributed by atoms with Crippen LogP contribution < -0.4 is 5.32 Å². The minimum Gasteiger partial charge on any atom is -0.320 e. The second-order valence-corrected chi connectivity index (χ2v) is 7.51. The molecule has 0 saturated carbocycles. The molecule has 2 heterocycles. The number of hydrogen-bond donors (Lipinski definition) is 1. The topological polar surface area (TPSA) is 67.2 Å². The Morgan fingerprint density at radius 2 is 1.86 bits per heavy atom. The molecule has 1 saturated heterocycles. The third-order valence-corrected chi connectivity index (χ3v) is 5.73. The third-order valence-electron chi connectivity index (χ3n) is 3.88. The highest BCUT2D eigenvalue weighted by atomic mass is 32.2. The number of nitrogens with one attached hydrogen (secondary N) is 1. The van der Waals surface area contributed by atoms with E-state index >= 15 is 0 Å². The molecule has 7 heteroatoms. The summed E-state index contributed by atoms with van der Waals surface area (Å²) < 4.78 is 28.7. The molecule has 1 fully saturated rings. The largest absolute Gasteiger partial charge is 0.320 e. The fourth-order valence-corrected chi connectivity index (χ4v) is 4.10. The fourth-order valence-electron chi connectivity index (χ4n) is 2.63. The van der Waals surface area contributed by atoms with Crippen molar-refractivity contribution in [2.45, 2.75) is 50.0 Å². The van der Waals surface area contributed by atoms with Crippen molar-refractivity contribution >= 4 is 10.0 Å². The van der Waals surface area contributed by atoms with E-state index in [1.165, 1.54) is 12.6 Å². The van der Waals surface area contributed by atoms with Gasteiger partial charge in [-0.15, -0.1) is 0 Å². The van der Waals surface area contributed by atoms with Crippen LogP contribution in [0.2, 0.25) is 0 Å². The Balaban J connectivity index is 2.03. The van der Waals surface area contributed by atoms with Crippen molar-refractivity contribution in [3.63, 3.8) is 0 Å². The first-order chi connectivity index (χ1) is 10.1. The van der Waals surface area contributed by atoms with Crippen LogP contribution in [-0.4, -0.2) is 49.2 Å². The molecule has 1 aliphatic rings. The summed E-state index contributed by atoms with van der Waals surface area (Å²) in [6.07, 6.45) is 9.44. The molecule has 0 radical (unpaired) electrons. The Kier molecular flexibility index (Phi) is 6.20. The quantitative estimate of drug-likeness (QED) is 0.807. The maximum atomic E-state index is 12.7. The van der Waals surface area contributed by atoms with Crippen molar-refractivity contribution in [1.82, 2.24) is 19.4 Å². The average Bonchev–Trinajstić information content (AvgIpc) is 2.87. The standard InChI is InChI=1S/C14H26N4O2S/c1-15-8-7-9-17-13-14(12-16-17)21(19,20)18-10-5-3-2-4-6-11-18/h12-13,15H,2-11H2,1H3. The van der Waals surface area contributed by atoms with E-state index in [9.17, 15) is 8.42 Å². The molecule has 21 heavy (non-hydrogen) atoms. The fraction of sp³-hybridized carbons (Fsp3) is 0.786. The van der Waals surface area contributed by atoms with E-state index in [0.717, 1.165) is 45.2 Å². The molecule has 120 valence electrons. The van der Waals surface area contributed by atoms with Crippen LogP contribution in [0.15, 0.2) is 17.3 Å². The average molecular weight is 314 g/mol. The molecule has 1 aromatic heterocycles. The van der Waals surface area contributed by atoms with Crippen LogP contribution in [0.4, 0.5) is 0 Å². The van der Waals surface area contributed by atoms with Crippen molar-refractivity contribution < 1.29 is 8.42 Å². The summed E-state index contributed by atoms with van der Waals surface area (Å²) in [6.45, 7) is 2.89. The molecule has 0 atom stereocenters. The Morgan fingerprint density at radius 1 is 1.19 bits per heavy atom. The number of rotatable bonds is 6. The van der Waals surface area contributed by atoms with Crippen LogP contribution in [0.5, 0.6) is 0 Å². The molecule has 0 bridgehead atoms. The normalized spacial score (nSPS) is 18.3. The van der Waals surface area contributed by atoms with Gasteiger partial charge in [0.1, 0.15) is 4.90 Å². The highest BCUT2D eigenvalue weighted by molar-refractivity contribution is 7.89. The van der Waals surface area contributed by atoms with Crippen molar-refractivity contribution in [3.8, 4) is 0 Å². The highest BCUT2D eigenvalue weighted by Crippen LogP contribution is 2.19.